The van der Waals surface area contributed by atoms with Crippen LogP contribution in [0.25, 0.3) is 6.08 Å². The molecule has 1 aliphatic heterocycles. The summed E-state index contributed by atoms with van der Waals surface area (Å²) in [6.07, 6.45) is 7.38. The quantitative estimate of drug-likeness (QED) is 0.768. The smallest absolute Gasteiger partial charge is 0.244 e. The summed E-state index contributed by atoms with van der Waals surface area (Å²) in [4.78, 5) is 20.6. The van der Waals surface area contributed by atoms with Crippen molar-refractivity contribution in [2.45, 2.75) is 6.54 Å². The topological polar surface area (TPSA) is 80.0 Å². The minimum atomic E-state index is 0.0565. The van der Waals surface area contributed by atoms with Crippen molar-refractivity contribution in [3.63, 3.8) is 0 Å². The molecule has 1 fully saturated rings. The summed E-state index contributed by atoms with van der Waals surface area (Å²) in [6.45, 7) is 4.27. The number of rotatable bonds is 5. The van der Waals surface area contributed by atoms with Crippen LogP contribution >= 0.6 is 0 Å². The minimum Gasteiger partial charge on any atom is -0.339 e. The first-order chi connectivity index (χ1) is 11.3. The van der Waals surface area contributed by atoms with Crippen molar-refractivity contribution in [2.24, 2.45) is 0 Å². The molecule has 1 amide bonds. The fourth-order valence-corrected chi connectivity index (χ4v) is 2.47. The van der Waals surface area contributed by atoms with Crippen LogP contribution in [-0.4, -0.2) is 73.6 Å². The van der Waals surface area contributed by atoms with Gasteiger partial charge in [0.05, 0.1) is 5.69 Å². The van der Waals surface area contributed by atoms with Gasteiger partial charge in [-0.15, -0.1) is 5.10 Å². The number of carbonyl (C=O) groups excluding carboxylic acids is 1. The summed E-state index contributed by atoms with van der Waals surface area (Å²) in [5, 5.41) is 10.8. The van der Waals surface area contributed by atoms with Crippen LogP contribution in [0, 0.1) is 0 Å². The number of aromatic nitrogens is 5. The van der Waals surface area contributed by atoms with E-state index < -0.39 is 0 Å². The molecular formula is C15H19N7O. The molecule has 0 radical (unpaired) electrons. The van der Waals surface area contributed by atoms with Gasteiger partial charge >= 0.3 is 0 Å². The van der Waals surface area contributed by atoms with Gasteiger partial charge in [-0.1, -0.05) is 12.1 Å². The Morgan fingerprint density at radius 3 is 2.78 bits per heavy atom. The lowest BCUT2D eigenvalue weighted by atomic mass is 10.3. The van der Waals surface area contributed by atoms with E-state index in [2.05, 4.69) is 31.5 Å². The largest absolute Gasteiger partial charge is 0.339 e. The molecule has 0 aromatic carbocycles. The molecule has 0 atom stereocenters. The van der Waals surface area contributed by atoms with E-state index in [0.29, 0.717) is 0 Å². The van der Waals surface area contributed by atoms with Crippen molar-refractivity contribution < 1.29 is 4.79 Å². The highest BCUT2D eigenvalue weighted by atomic mass is 16.2. The zero-order valence-corrected chi connectivity index (χ0v) is 12.8. The van der Waals surface area contributed by atoms with Gasteiger partial charge in [0.25, 0.3) is 0 Å². The third kappa shape index (κ3) is 4.43. The van der Waals surface area contributed by atoms with E-state index in [-0.39, 0.29) is 12.5 Å². The van der Waals surface area contributed by atoms with Crippen molar-refractivity contribution in [3.05, 3.63) is 42.5 Å². The summed E-state index contributed by atoms with van der Waals surface area (Å²) in [5.74, 6) is 0.0565. The number of pyridine rings is 1. The number of carbonyl (C=O) groups is 1. The predicted octanol–water partition coefficient (Wildman–Crippen LogP) is -0.0743. The number of tetrazole rings is 1. The predicted molar refractivity (Wildman–Crippen MR) is 84.1 cm³/mol. The summed E-state index contributed by atoms with van der Waals surface area (Å²) >= 11 is 0. The summed E-state index contributed by atoms with van der Waals surface area (Å²) < 4.78 is 1.45. The molecule has 0 N–H and O–H groups in total. The molecule has 1 aliphatic rings. The normalized spacial score (nSPS) is 16.1. The second-order valence-corrected chi connectivity index (χ2v) is 5.35. The van der Waals surface area contributed by atoms with E-state index in [1.165, 1.54) is 11.0 Å². The third-order valence-corrected chi connectivity index (χ3v) is 3.75. The first kappa shape index (κ1) is 15.3. The van der Waals surface area contributed by atoms with E-state index in [4.69, 9.17) is 0 Å². The molecular weight excluding hydrogens is 294 g/mol. The number of hydrogen-bond acceptors (Lipinski definition) is 6. The number of piperazine rings is 1. The highest BCUT2D eigenvalue weighted by Crippen LogP contribution is 2.04. The Hall–Kier alpha value is -2.61. The van der Waals surface area contributed by atoms with Gasteiger partial charge in [0.2, 0.25) is 5.91 Å². The van der Waals surface area contributed by atoms with Crippen molar-refractivity contribution in [1.82, 2.24) is 35.0 Å². The molecule has 8 heteroatoms. The van der Waals surface area contributed by atoms with Crippen LogP contribution in [0.1, 0.15) is 5.69 Å². The van der Waals surface area contributed by atoms with Crippen LogP contribution in [0.15, 0.2) is 36.8 Å². The Morgan fingerprint density at radius 2 is 2.09 bits per heavy atom. The van der Waals surface area contributed by atoms with Crippen LogP contribution in [0.5, 0.6) is 0 Å². The first-order valence-electron chi connectivity index (χ1n) is 7.60. The Morgan fingerprint density at radius 1 is 1.22 bits per heavy atom. The Labute approximate surface area is 134 Å². The Kier molecular flexibility index (Phi) is 5.05. The number of amides is 1. The van der Waals surface area contributed by atoms with Crippen LogP contribution < -0.4 is 0 Å². The molecule has 23 heavy (non-hydrogen) atoms. The van der Waals surface area contributed by atoms with Crippen molar-refractivity contribution >= 4 is 12.0 Å². The zero-order chi connectivity index (χ0) is 15.9. The molecule has 2 aromatic rings. The van der Waals surface area contributed by atoms with Crippen molar-refractivity contribution in [3.8, 4) is 0 Å². The van der Waals surface area contributed by atoms with E-state index >= 15 is 0 Å². The highest BCUT2D eigenvalue weighted by Gasteiger charge is 2.20. The lowest BCUT2D eigenvalue weighted by Crippen LogP contribution is -2.49. The maximum Gasteiger partial charge on any atom is 0.244 e. The second kappa shape index (κ2) is 7.59. The third-order valence-electron chi connectivity index (χ3n) is 3.75. The number of nitrogens with zero attached hydrogens (tertiary/aromatic N) is 7. The fraction of sp³-hybridized carbons (Fsp3) is 0.400. The monoisotopic (exact) mass is 313 g/mol. The number of hydrogen-bond donors (Lipinski definition) is 0. The van der Waals surface area contributed by atoms with Gasteiger partial charge in [-0.05, 0) is 28.6 Å². The molecule has 120 valence electrons. The van der Waals surface area contributed by atoms with Crippen LogP contribution in [0.3, 0.4) is 0 Å². The summed E-state index contributed by atoms with van der Waals surface area (Å²) in [7, 11) is 0. The molecule has 0 spiro atoms. The minimum absolute atomic E-state index is 0.0565. The van der Waals surface area contributed by atoms with Crippen molar-refractivity contribution in [2.75, 3.05) is 32.7 Å². The van der Waals surface area contributed by atoms with E-state index in [0.717, 1.165) is 38.4 Å². The highest BCUT2D eigenvalue weighted by molar-refractivity contribution is 5.76. The van der Waals surface area contributed by atoms with Gasteiger partial charge in [0.1, 0.15) is 12.9 Å². The molecule has 3 heterocycles. The fourth-order valence-electron chi connectivity index (χ4n) is 2.47. The molecule has 0 unspecified atom stereocenters. The van der Waals surface area contributed by atoms with Gasteiger partial charge in [0, 0.05) is 38.9 Å². The van der Waals surface area contributed by atoms with Crippen LogP contribution in [0.2, 0.25) is 0 Å². The zero-order valence-electron chi connectivity index (χ0n) is 12.8. The van der Waals surface area contributed by atoms with Gasteiger partial charge in [-0.25, -0.2) is 4.68 Å². The average Bonchev–Trinajstić information content (AvgIpc) is 3.09. The SMILES string of the molecule is O=C(Cn1cnnn1)N1CCN(CC=Cc2ccccn2)CC1. The molecule has 2 aromatic heterocycles. The lowest BCUT2D eigenvalue weighted by Gasteiger charge is -2.34. The van der Waals surface area contributed by atoms with Gasteiger partial charge in [0.15, 0.2) is 0 Å². The first-order valence-corrected chi connectivity index (χ1v) is 7.60. The van der Waals surface area contributed by atoms with Gasteiger partial charge in [-0.3, -0.25) is 14.7 Å². The Balaban J connectivity index is 1.41. The average molecular weight is 313 g/mol. The molecule has 1 saturated heterocycles. The van der Waals surface area contributed by atoms with Crippen molar-refractivity contribution in [1.29, 1.82) is 0 Å². The van der Waals surface area contributed by atoms with Crippen LogP contribution in [0.4, 0.5) is 0 Å². The van der Waals surface area contributed by atoms with Crippen LogP contribution in [-0.2, 0) is 11.3 Å². The van der Waals surface area contributed by atoms with Gasteiger partial charge in [-0.2, -0.15) is 0 Å². The van der Waals surface area contributed by atoms with E-state index in [1.807, 2.05) is 29.2 Å². The maximum absolute atomic E-state index is 12.1. The van der Waals surface area contributed by atoms with Gasteiger partial charge < -0.3 is 4.90 Å². The molecule has 8 nitrogen and oxygen atoms in total. The molecule has 3 rings (SSSR count). The maximum atomic E-state index is 12.1. The molecule has 0 aliphatic carbocycles. The summed E-state index contributed by atoms with van der Waals surface area (Å²) in [5.41, 5.74) is 0.961. The lowest BCUT2D eigenvalue weighted by molar-refractivity contribution is -0.133. The standard InChI is InChI=1S/C15H19N7O/c23-15(12-22-13-17-18-19-22)21-10-8-20(9-11-21)7-3-5-14-4-1-2-6-16-14/h1-6,13H,7-12H2. The Bertz CT molecular complexity index is 633. The summed E-state index contributed by atoms with van der Waals surface area (Å²) in [6, 6.07) is 5.86. The second-order valence-electron chi connectivity index (χ2n) is 5.35. The molecule has 0 bridgehead atoms. The van der Waals surface area contributed by atoms with E-state index in [1.54, 1.807) is 6.20 Å². The molecule has 0 saturated carbocycles. The van der Waals surface area contributed by atoms with E-state index in [9.17, 15) is 4.79 Å².